The quantitative estimate of drug-likeness (QED) is 0.789. The Hall–Kier alpha value is -0.970. The van der Waals surface area contributed by atoms with Gasteiger partial charge in [-0.2, -0.15) is 0 Å². The van der Waals surface area contributed by atoms with Crippen LogP contribution in [0.3, 0.4) is 0 Å². The Morgan fingerprint density at radius 2 is 2.05 bits per heavy atom. The molecule has 0 saturated carbocycles. The van der Waals surface area contributed by atoms with Crippen LogP contribution in [0.5, 0.6) is 0 Å². The number of hydrogen-bond acceptors (Lipinski definition) is 3. The number of halogens is 2. The van der Waals surface area contributed by atoms with Crippen molar-refractivity contribution < 1.29 is 4.79 Å². The van der Waals surface area contributed by atoms with Gasteiger partial charge in [-0.25, -0.2) is 0 Å². The van der Waals surface area contributed by atoms with Gasteiger partial charge in [0.2, 0.25) is 5.91 Å². The Kier molecular flexibility index (Phi) is 6.59. The van der Waals surface area contributed by atoms with Gasteiger partial charge in [-0.15, -0.1) is 0 Å². The summed E-state index contributed by atoms with van der Waals surface area (Å²) in [6.45, 7) is 5.93. The van der Waals surface area contributed by atoms with Gasteiger partial charge >= 0.3 is 0 Å². The summed E-state index contributed by atoms with van der Waals surface area (Å²) in [6.07, 6.45) is 0.390. The minimum atomic E-state index is -0.114. The lowest BCUT2D eigenvalue weighted by atomic mass is 10.2. The van der Waals surface area contributed by atoms with Gasteiger partial charge in [0.25, 0.3) is 0 Å². The number of rotatable bonds is 6. The van der Waals surface area contributed by atoms with Gasteiger partial charge in [-0.3, -0.25) is 4.79 Å². The molecule has 0 spiro atoms. The molecule has 0 heterocycles. The van der Waals surface area contributed by atoms with E-state index in [9.17, 15) is 4.79 Å². The molecule has 1 rings (SSSR count). The van der Waals surface area contributed by atoms with Crippen molar-refractivity contribution in [3.8, 4) is 0 Å². The van der Waals surface area contributed by atoms with E-state index in [2.05, 4.69) is 24.1 Å². The van der Waals surface area contributed by atoms with E-state index >= 15 is 0 Å². The smallest absolute Gasteiger partial charge is 0.225 e. The van der Waals surface area contributed by atoms with Gasteiger partial charge < -0.3 is 16.0 Å². The lowest BCUT2D eigenvalue weighted by Gasteiger charge is -2.18. The maximum absolute atomic E-state index is 11.9. The Bertz CT molecular complexity index is 454. The van der Waals surface area contributed by atoms with Crippen LogP contribution in [-0.2, 0) is 4.79 Å². The first-order valence-corrected chi connectivity index (χ1v) is 7.28. The van der Waals surface area contributed by atoms with E-state index in [1.165, 1.54) is 0 Å². The fraction of sp³-hybridized carbons (Fsp3) is 0.500. The van der Waals surface area contributed by atoms with Crippen LogP contribution < -0.4 is 11.1 Å². The molecule has 0 atom stereocenters. The van der Waals surface area contributed by atoms with E-state index in [4.69, 9.17) is 28.9 Å². The van der Waals surface area contributed by atoms with E-state index in [1.807, 2.05) is 7.05 Å². The SMILES string of the molecule is CC(C)CN(C)CCC(=O)Nc1c(N)cc(Cl)cc1Cl. The first-order valence-electron chi connectivity index (χ1n) is 6.52. The highest BCUT2D eigenvalue weighted by Gasteiger charge is 2.11. The molecule has 0 bridgehead atoms. The maximum Gasteiger partial charge on any atom is 0.225 e. The number of carbonyl (C=O) groups excluding carboxylic acids is 1. The molecule has 0 saturated heterocycles. The van der Waals surface area contributed by atoms with E-state index < -0.39 is 0 Å². The third-order valence-corrected chi connectivity index (χ3v) is 3.26. The molecule has 0 aliphatic carbocycles. The van der Waals surface area contributed by atoms with E-state index in [0.717, 1.165) is 6.54 Å². The Balaban J connectivity index is 2.55. The number of nitrogens with zero attached hydrogens (tertiary/aromatic N) is 1. The molecule has 0 aliphatic heterocycles. The van der Waals surface area contributed by atoms with Crippen LogP contribution >= 0.6 is 23.2 Å². The molecule has 112 valence electrons. The van der Waals surface area contributed by atoms with Crippen molar-refractivity contribution in [1.29, 1.82) is 0 Å². The number of nitrogen functional groups attached to an aromatic ring is 1. The number of nitrogens with one attached hydrogen (secondary N) is 1. The number of benzene rings is 1. The second kappa shape index (κ2) is 7.72. The number of amides is 1. The highest BCUT2D eigenvalue weighted by Crippen LogP contribution is 2.32. The molecule has 0 fully saturated rings. The molecule has 1 amide bonds. The Morgan fingerprint density at radius 3 is 2.60 bits per heavy atom. The van der Waals surface area contributed by atoms with E-state index in [-0.39, 0.29) is 5.91 Å². The first-order chi connectivity index (χ1) is 9.29. The lowest BCUT2D eigenvalue weighted by molar-refractivity contribution is -0.116. The molecule has 0 radical (unpaired) electrons. The molecular formula is C14H21Cl2N3O. The topological polar surface area (TPSA) is 58.4 Å². The summed E-state index contributed by atoms with van der Waals surface area (Å²) < 4.78 is 0. The van der Waals surface area contributed by atoms with Crippen LogP contribution in [0.2, 0.25) is 10.0 Å². The van der Waals surface area contributed by atoms with Crippen molar-refractivity contribution in [1.82, 2.24) is 4.90 Å². The Morgan fingerprint density at radius 1 is 1.40 bits per heavy atom. The van der Waals surface area contributed by atoms with Gasteiger partial charge in [0, 0.05) is 24.5 Å². The van der Waals surface area contributed by atoms with Crippen molar-refractivity contribution in [3.63, 3.8) is 0 Å². The third kappa shape index (κ3) is 5.57. The highest BCUT2D eigenvalue weighted by atomic mass is 35.5. The summed E-state index contributed by atoms with van der Waals surface area (Å²) in [4.78, 5) is 14.0. The molecule has 6 heteroatoms. The summed E-state index contributed by atoms with van der Waals surface area (Å²) in [5.74, 6) is 0.459. The first kappa shape index (κ1) is 17.1. The predicted octanol–water partition coefficient (Wildman–Crippen LogP) is 3.49. The van der Waals surface area contributed by atoms with Crippen LogP contribution in [0, 0.1) is 5.92 Å². The molecule has 1 aromatic carbocycles. The minimum absolute atomic E-state index is 0.114. The Labute approximate surface area is 130 Å². The highest BCUT2D eigenvalue weighted by molar-refractivity contribution is 6.37. The van der Waals surface area contributed by atoms with Gasteiger partial charge in [-0.05, 0) is 25.1 Å². The van der Waals surface area contributed by atoms with Gasteiger partial charge in [0.1, 0.15) is 0 Å². The number of hydrogen-bond donors (Lipinski definition) is 2. The van der Waals surface area contributed by atoms with Crippen LogP contribution in [0.4, 0.5) is 11.4 Å². The fourth-order valence-corrected chi connectivity index (χ4v) is 2.49. The largest absolute Gasteiger partial charge is 0.397 e. The summed E-state index contributed by atoms with van der Waals surface area (Å²) in [6, 6.07) is 3.12. The van der Waals surface area contributed by atoms with Crippen LogP contribution in [0.1, 0.15) is 20.3 Å². The minimum Gasteiger partial charge on any atom is -0.397 e. The van der Waals surface area contributed by atoms with E-state index in [1.54, 1.807) is 12.1 Å². The number of anilines is 2. The van der Waals surface area contributed by atoms with E-state index in [0.29, 0.717) is 40.3 Å². The third-order valence-electron chi connectivity index (χ3n) is 2.75. The summed E-state index contributed by atoms with van der Waals surface area (Å²) in [7, 11) is 2.00. The maximum atomic E-state index is 11.9. The summed E-state index contributed by atoms with van der Waals surface area (Å²) in [5.41, 5.74) is 6.59. The lowest BCUT2D eigenvalue weighted by Crippen LogP contribution is -2.27. The van der Waals surface area contributed by atoms with Crippen molar-refractivity contribution in [2.75, 3.05) is 31.2 Å². The molecule has 1 aromatic rings. The summed E-state index contributed by atoms with van der Waals surface area (Å²) in [5, 5.41) is 3.53. The molecule has 0 aromatic heterocycles. The van der Waals surface area contributed by atoms with Crippen LogP contribution in [0.25, 0.3) is 0 Å². The van der Waals surface area contributed by atoms with Crippen LogP contribution in [0.15, 0.2) is 12.1 Å². The second-order valence-corrected chi connectivity index (χ2v) is 6.15. The molecule has 4 nitrogen and oxygen atoms in total. The second-order valence-electron chi connectivity index (χ2n) is 5.31. The van der Waals surface area contributed by atoms with Gasteiger partial charge in [0.05, 0.1) is 16.4 Å². The predicted molar refractivity (Wildman–Crippen MR) is 86.5 cm³/mol. The van der Waals surface area contributed by atoms with Crippen LogP contribution in [-0.4, -0.2) is 30.9 Å². The zero-order chi connectivity index (χ0) is 15.3. The standard InChI is InChI=1S/C14H21Cl2N3O/c1-9(2)8-19(3)5-4-13(20)18-14-11(16)6-10(15)7-12(14)17/h6-7,9H,4-5,8,17H2,1-3H3,(H,18,20). The van der Waals surface area contributed by atoms with Gasteiger partial charge in [-0.1, -0.05) is 37.0 Å². The summed E-state index contributed by atoms with van der Waals surface area (Å²) >= 11 is 11.8. The monoisotopic (exact) mass is 317 g/mol. The molecule has 0 aliphatic rings. The average molecular weight is 318 g/mol. The molecule has 20 heavy (non-hydrogen) atoms. The fourth-order valence-electron chi connectivity index (χ4n) is 1.93. The van der Waals surface area contributed by atoms with Crippen molar-refractivity contribution >= 4 is 40.5 Å². The zero-order valence-corrected chi connectivity index (χ0v) is 13.6. The number of carbonyl (C=O) groups is 1. The molecule has 0 unspecified atom stereocenters. The van der Waals surface area contributed by atoms with Gasteiger partial charge in [0.15, 0.2) is 0 Å². The average Bonchev–Trinajstić information content (AvgIpc) is 2.30. The van der Waals surface area contributed by atoms with Crippen molar-refractivity contribution in [3.05, 3.63) is 22.2 Å². The zero-order valence-electron chi connectivity index (χ0n) is 12.0. The molecule has 3 N–H and O–H groups in total. The van der Waals surface area contributed by atoms with Crippen molar-refractivity contribution in [2.45, 2.75) is 20.3 Å². The normalized spacial score (nSPS) is 11.2. The van der Waals surface area contributed by atoms with Crippen molar-refractivity contribution in [2.24, 2.45) is 5.92 Å². The number of nitrogens with two attached hydrogens (primary N) is 1. The molecular weight excluding hydrogens is 297 g/mol.